The molecule has 0 saturated carbocycles. The predicted molar refractivity (Wildman–Crippen MR) is 88.5 cm³/mol. The van der Waals surface area contributed by atoms with Gasteiger partial charge in [-0.25, -0.2) is 13.6 Å². The van der Waals surface area contributed by atoms with E-state index in [9.17, 15) is 13.6 Å². The number of nitriles is 1. The molecule has 134 valence electrons. The molecule has 3 rings (SSSR count). The molecule has 2 heterocycles. The largest absolute Gasteiger partial charge is 0.443 e. The minimum Gasteiger partial charge on any atom is -0.443 e. The molecule has 0 bridgehead atoms. The lowest BCUT2D eigenvalue weighted by Gasteiger charge is -2.35. The Bertz CT molecular complexity index is 694. The number of nitrogens with zero attached hydrogens (tertiary/aromatic N) is 3. The van der Waals surface area contributed by atoms with Crippen LogP contribution in [0.2, 0.25) is 0 Å². The summed E-state index contributed by atoms with van der Waals surface area (Å²) in [5, 5.41) is 8.72. The lowest BCUT2D eigenvalue weighted by Crippen LogP contribution is -2.42. The zero-order valence-corrected chi connectivity index (χ0v) is 13.7. The Hall–Kier alpha value is -2.40. The second-order valence-electron chi connectivity index (χ2n) is 6.36. The third kappa shape index (κ3) is 3.51. The van der Waals surface area contributed by atoms with Crippen molar-refractivity contribution in [3.63, 3.8) is 0 Å². The van der Waals surface area contributed by atoms with Crippen LogP contribution >= 0.6 is 0 Å². The highest BCUT2D eigenvalue weighted by molar-refractivity contribution is 5.90. The lowest BCUT2D eigenvalue weighted by molar-refractivity contribution is 0.145. The van der Waals surface area contributed by atoms with Gasteiger partial charge < -0.3 is 15.4 Å². The smallest absolute Gasteiger partial charge is 0.414 e. The molecule has 8 heteroatoms. The van der Waals surface area contributed by atoms with E-state index < -0.39 is 24.2 Å². The number of carbonyl (C=O) groups is 1. The van der Waals surface area contributed by atoms with Crippen LogP contribution in [0.1, 0.15) is 12.8 Å². The normalized spacial score (nSPS) is 26.5. The molecule has 2 N–H and O–H groups in total. The number of anilines is 2. The van der Waals surface area contributed by atoms with Gasteiger partial charge in [0, 0.05) is 32.0 Å². The van der Waals surface area contributed by atoms with E-state index in [1.165, 1.54) is 11.0 Å². The predicted octanol–water partition coefficient (Wildman–Crippen LogP) is 2.19. The van der Waals surface area contributed by atoms with Crippen LogP contribution in [0.5, 0.6) is 0 Å². The molecule has 0 aromatic heterocycles. The van der Waals surface area contributed by atoms with Crippen molar-refractivity contribution in [2.45, 2.75) is 25.1 Å². The van der Waals surface area contributed by atoms with Gasteiger partial charge in [-0.2, -0.15) is 5.26 Å². The zero-order valence-electron chi connectivity index (χ0n) is 13.7. The average molecular weight is 350 g/mol. The number of benzene rings is 1. The number of amides is 1. The van der Waals surface area contributed by atoms with Crippen LogP contribution in [-0.4, -0.2) is 44.5 Å². The van der Waals surface area contributed by atoms with E-state index in [2.05, 4.69) is 0 Å². The first kappa shape index (κ1) is 17.4. The number of ether oxygens (including phenoxy) is 1. The van der Waals surface area contributed by atoms with Gasteiger partial charge in [0.25, 0.3) is 0 Å². The molecule has 6 nitrogen and oxygen atoms in total. The molecule has 2 aliphatic heterocycles. The average Bonchev–Trinajstić information content (AvgIpc) is 2.98. The maximum Gasteiger partial charge on any atom is 0.414 e. The van der Waals surface area contributed by atoms with Crippen LogP contribution in [0.15, 0.2) is 18.2 Å². The van der Waals surface area contributed by atoms with Gasteiger partial charge in [0.2, 0.25) is 0 Å². The molecule has 2 fully saturated rings. The topological polar surface area (TPSA) is 82.6 Å². The highest BCUT2D eigenvalue weighted by atomic mass is 19.1. The standard InChI is InChI=1S/C17H20F2N4O2/c18-14-7-12(23-9-13(8-21)25-17(23)24)1-2-16(14)22-6-4-11(3-5-20)15(19)10-22/h1-2,7,11,13,15H,3-4,6,8-10,21H2. The molecule has 0 radical (unpaired) electrons. The molecule has 1 amide bonds. The summed E-state index contributed by atoms with van der Waals surface area (Å²) in [7, 11) is 0. The first-order chi connectivity index (χ1) is 12.0. The van der Waals surface area contributed by atoms with Gasteiger partial charge in [0.05, 0.1) is 24.0 Å². The summed E-state index contributed by atoms with van der Waals surface area (Å²) in [4.78, 5) is 14.8. The second-order valence-corrected chi connectivity index (χ2v) is 6.36. The van der Waals surface area contributed by atoms with Crippen molar-refractivity contribution in [3.8, 4) is 6.07 Å². The van der Waals surface area contributed by atoms with E-state index in [1.54, 1.807) is 17.0 Å². The number of halogens is 2. The third-order valence-electron chi connectivity index (χ3n) is 4.75. The maximum atomic E-state index is 14.5. The van der Waals surface area contributed by atoms with Crippen LogP contribution in [0.4, 0.5) is 25.0 Å². The van der Waals surface area contributed by atoms with Crippen molar-refractivity contribution in [2.24, 2.45) is 11.7 Å². The van der Waals surface area contributed by atoms with E-state index in [-0.39, 0.29) is 32.0 Å². The Morgan fingerprint density at radius 3 is 2.80 bits per heavy atom. The summed E-state index contributed by atoms with van der Waals surface area (Å²) in [6, 6.07) is 6.41. The summed E-state index contributed by atoms with van der Waals surface area (Å²) >= 11 is 0. The number of piperidine rings is 1. The molecule has 2 aliphatic rings. The molecule has 3 unspecified atom stereocenters. The van der Waals surface area contributed by atoms with Crippen molar-refractivity contribution in [2.75, 3.05) is 36.0 Å². The Morgan fingerprint density at radius 1 is 1.40 bits per heavy atom. The molecule has 25 heavy (non-hydrogen) atoms. The molecule has 1 aromatic rings. The number of nitrogens with two attached hydrogens (primary N) is 1. The van der Waals surface area contributed by atoms with Crippen molar-refractivity contribution in [1.29, 1.82) is 5.26 Å². The Morgan fingerprint density at radius 2 is 2.20 bits per heavy atom. The van der Waals surface area contributed by atoms with Crippen molar-refractivity contribution in [3.05, 3.63) is 24.0 Å². The molecule has 0 aliphatic carbocycles. The van der Waals surface area contributed by atoms with Gasteiger partial charge in [-0.15, -0.1) is 0 Å². The number of hydrogen-bond donors (Lipinski definition) is 1. The van der Waals surface area contributed by atoms with E-state index in [0.717, 1.165) is 0 Å². The summed E-state index contributed by atoms with van der Waals surface area (Å²) in [6.07, 6.45) is -1.43. The van der Waals surface area contributed by atoms with Crippen LogP contribution in [0, 0.1) is 23.1 Å². The van der Waals surface area contributed by atoms with Crippen LogP contribution in [0.25, 0.3) is 0 Å². The number of cyclic esters (lactones) is 1. The monoisotopic (exact) mass is 350 g/mol. The van der Waals surface area contributed by atoms with E-state index in [4.69, 9.17) is 15.7 Å². The maximum absolute atomic E-state index is 14.5. The van der Waals surface area contributed by atoms with Crippen LogP contribution in [-0.2, 0) is 4.74 Å². The summed E-state index contributed by atoms with van der Waals surface area (Å²) in [5.41, 5.74) is 6.18. The van der Waals surface area contributed by atoms with Gasteiger partial charge >= 0.3 is 6.09 Å². The Balaban J connectivity index is 1.73. The van der Waals surface area contributed by atoms with Crippen molar-refractivity contribution in [1.82, 2.24) is 0 Å². The molecule has 1 aromatic carbocycles. The molecule has 3 atom stereocenters. The zero-order chi connectivity index (χ0) is 18.0. The fourth-order valence-electron chi connectivity index (χ4n) is 3.29. The van der Waals surface area contributed by atoms with E-state index in [0.29, 0.717) is 24.3 Å². The summed E-state index contributed by atoms with van der Waals surface area (Å²) < 4.78 is 33.8. The number of hydrogen-bond acceptors (Lipinski definition) is 5. The van der Waals surface area contributed by atoms with Gasteiger partial charge in [-0.1, -0.05) is 0 Å². The van der Waals surface area contributed by atoms with Gasteiger partial charge in [-0.05, 0) is 24.6 Å². The second kappa shape index (κ2) is 7.23. The quantitative estimate of drug-likeness (QED) is 0.900. The fourth-order valence-corrected chi connectivity index (χ4v) is 3.29. The first-order valence-corrected chi connectivity index (χ1v) is 8.27. The highest BCUT2D eigenvalue weighted by Crippen LogP contribution is 2.32. The highest BCUT2D eigenvalue weighted by Gasteiger charge is 2.33. The molecular formula is C17H20F2N4O2. The van der Waals surface area contributed by atoms with Crippen LogP contribution in [0.3, 0.4) is 0 Å². The lowest BCUT2D eigenvalue weighted by atomic mass is 9.92. The molecule has 2 saturated heterocycles. The Labute approximate surface area is 144 Å². The summed E-state index contributed by atoms with van der Waals surface area (Å²) in [6.45, 7) is 1.03. The molecular weight excluding hydrogens is 330 g/mol. The number of rotatable bonds is 4. The van der Waals surface area contributed by atoms with E-state index in [1.807, 2.05) is 6.07 Å². The number of alkyl halides is 1. The van der Waals surface area contributed by atoms with Gasteiger partial charge in [0.1, 0.15) is 18.1 Å². The summed E-state index contributed by atoms with van der Waals surface area (Å²) in [5.74, 6) is -0.816. The minimum absolute atomic E-state index is 0.0591. The van der Waals surface area contributed by atoms with Crippen molar-refractivity contribution < 1.29 is 18.3 Å². The third-order valence-corrected chi connectivity index (χ3v) is 4.75. The molecule has 0 spiro atoms. The fraction of sp³-hybridized carbons (Fsp3) is 0.529. The number of carbonyl (C=O) groups excluding carboxylic acids is 1. The Kier molecular flexibility index (Phi) is 5.04. The van der Waals surface area contributed by atoms with Crippen LogP contribution < -0.4 is 15.5 Å². The van der Waals surface area contributed by atoms with Gasteiger partial charge in [0.15, 0.2) is 0 Å². The SMILES string of the molecule is N#CCC1CCN(c2ccc(N3CC(CN)OC3=O)cc2F)CC1F. The minimum atomic E-state index is -1.16. The first-order valence-electron chi connectivity index (χ1n) is 8.27. The van der Waals surface area contributed by atoms with E-state index >= 15 is 0 Å². The van der Waals surface area contributed by atoms with Gasteiger partial charge in [-0.3, -0.25) is 4.90 Å². The van der Waals surface area contributed by atoms with Crippen molar-refractivity contribution >= 4 is 17.5 Å².